The van der Waals surface area contributed by atoms with Crippen molar-refractivity contribution in [2.75, 3.05) is 0 Å². The van der Waals surface area contributed by atoms with E-state index in [-0.39, 0.29) is 58.2 Å². The van der Waals surface area contributed by atoms with E-state index in [1.54, 1.807) is 6.20 Å². The zero-order chi connectivity index (χ0) is 10.8. The van der Waals surface area contributed by atoms with Gasteiger partial charge in [-0.25, -0.2) is 4.79 Å². The number of fused-ring (bicyclic) bond motifs is 1. The van der Waals surface area contributed by atoms with Gasteiger partial charge in [-0.05, 0) is 11.6 Å². The maximum Gasteiger partial charge on any atom is 2.00 e. The molecule has 0 radical (unpaired) electrons. The molecule has 4 nitrogen and oxygen atoms in total. The van der Waals surface area contributed by atoms with E-state index in [2.05, 4.69) is 4.98 Å². The molecule has 2 N–H and O–H groups in total. The van der Waals surface area contributed by atoms with Gasteiger partial charge in [-0.3, -0.25) is 4.79 Å². The smallest absolute Gasteiger partial charge is 1.00 e. The Morgan fingerprint density at radius 2 is 2.00 bits per heavy atom. The number of aromatic nitrogens is 1. The van der Waals surface area contributed by atoms with Crippen LogP contribution in [0.2, 0.25) is 0 Å². The molecule has 5 heteroatoms. The number of para-hydroxylation sites is 1. The van der Waals surface area contributed by atoms with Crippen molar-refractivity contribution in [2.45, 2.75) is 6.42 Å². The van der Waals surface area contributed by atoms with Crippen molar-refractivity contribution in [3.05, 3.63) is 36.0 Å². The van der Waals surface area contributed by atoms with Crippen LogP contribution in [0.4, 0.5) is 0 Å². The Labute approximate surface area is 135 Å². The van der Waals surface area contributed by atoms with Gasteiger partial charge in [0.1, 0.15) is 0 Å². The molecule has 0 bridgehead atoms. The van der Waals surface area contributed by atoms with E-state index in [4.69, 9.17) is 5.11 Å². The number of rotatable bonds is 3. The predicted molar refractivity (Wildman–Crippen MR) is 62.6 cm³/mol. The van der Waals surface area contributed by atoms with Crippen LogP contribution in [0, 0.1) is 0 Å². The minimum Gasteiger partial charge on any atom is -1.00 e. The predicted octanol–water partition coefficient (Wildman–Crippen LogP) is 1.21. The summed E-state index contributed by atoms with van der Waals surface area (Å²) in [5.74, 6) is -2.18. The van der Waals surface area contributed by atoms with Crippen LogP contribution in [0.3, 0.4) is 0 Å². The van der Waals surface area contributed by atoms with Crippen molar-refractivity contribution < 1.29 is 17.5 Å². The average molecular weight is 343 g/mol. The summed E-state index contributed by atoms with van der Waals surface area (Å²) in [4.78, 5) is 24.4. The summed E-state index contributed by atoms with van der Waals surface area (Å²) in [6.07, 6.45) is 1.60. The van der Waals surface area contributed by atoms with Gasteiger partial charge < -0.3 is 12.9 Å². The number of Topliss-reactive ketones (excluding diaryl/α,β-unsaturated/α-hetero) is 1. The van der Waals surface area contributed by atoms with Crippen LogP contribution in [0.1, 0.15) is 8.42 Å². The molecule has 0 amide bonds. The number of carboxylic acids is 1. The first-order valence-corrected chi connectivity index (χ1v) is 4.49. The van der Waals surface area contributed by atoms with Crippen molar-refractivity contribution in [1.29, 1.82) is 0 Å². The SMILES string of the molecule is O=C(O)C(=O)Cc1c[nH]c2ccccc12.[Ba+2].[H-].[H-]. The number of aromatic amines is 1. The Morgan fingerprint density at radius 3 is 2.69 bits per heavy atom. The molecule has 1 heterocycles. The molecular weight excluding hydrogens is 331 g/mol. The molecule has 16 heavy (non-hydrogen) atoms. The molecule has 1 aromatic heterocycles. The van der Waals surface area contributed by atoms with Gasteiger partial charge in [0.25, 0.3) is 0 Å². The maximum absolute atomic E-state index is 11.0. The minimum absolute atomic E-state index is 0. The van der Waals surface area contributed by atoms with Gasteiger partial charge >= 0.3 is 54.9 Å². The summed E-state index contributed by atoms with van der Waals surface area (Å²) in [6.45, 7) is 0. The number of nitrogens with one attached hydrogen (secondary N) is 1. The second kappa shape index (κ2) is 5.70. The molecule has 0 fully saturated rings. The summed E-state index contributed by atoms with van der Waals surface area (Å²) < 4.78 is 0. The fraction of sp³-hybridized carbons (Fsp3) is 0.0909. The van der Waals surface area contributed by atoms with Crippen LogP contribution in [0.15, 0.2) is 30.5 Å². The molecule has 0 atom stereocenters. The quantitative estimate of drug-likeness (QED) is 0.651. The molecule has 0 unspecified atom stereocenters. The zero-order valence-electron chi connectivity index (χ0n) is 10.6. The molecule has 2 aromatic rings. The Morgan fingerprint density at radius 1 is 1.31 bits per heavy atom. The number of carbonyl (C=O) groups is 2. The standard InChI is InChI=1S/C11H9NO3.Ba.2H/c13-10(11(14)15)5-7-6-12-9-4-2-1-3-8(7)9;;;/h1-4,6,12H,5H2,(H,14,15);;;/q;+2;2*-1. The molecular formula is C11H11BaNO3. The van der Waals surface area contributed by atoms with Crippen LogP contribution in [0.25, 0.3) is 10.9 Å². The molecule has 0 saturated carbocycles. The van der Waals surface area contributed by atoms with E-state index in [1.165, 1.54) is 0 Å². The Bertz CT molecular complexity index is 542. The number of carbonyl (C=O) groups excluding carboxylic acids is 1. The first-order chi connectivity index (χ1) is 7.18. The van der Waals surface area contributed by atoms with Gasteiger partial charge in [0, 0.05) is 23.5 Å². The first-order valence-electron chi connectivity index (χ1n) is 4.49. The van der Waals surface area contributed by atoms with Crippen molar-refractivity contribution >= 4 is 71.5 Å². The third-order valence-electron chi connectivity index (χ3n) is 2.26. The second-order valence-corrected chi connectivity index (χ2v) is 3.26. The molecule has 80 valence electrons. The number of hydrogen-bond donors (Lipinski definition) is 2. The Kier molecular flexibility index (Phi) is 4.82. The summed E-state index contributed by atoms with van der Waals surface area (Å²) in [7, 11) is 0. The molecule has 0 aliphatic carbocycles. The van der Waals surface area contributed by atoms with E-state index >= 15 is 0 Å². The zero-order valence-corrected chi connectivity index (χ0v) is 13.0. The Hall–Kier alpha value is -0.529. The number of H-pyrrole nitrogens is 1. The largest absolute Gasteiger partial charge is 2.00 e. The van der Waals surface area contributed by atoms with E-state index in [0.29, 0.717) is 0 Å². The van der Waals surface area contributed by atoms with Crippen LogP contribution in [-0.4, -0.2) is 70.7 Å². The molecule has 0 aliphatic rings. The van der Waals surface area contributed by atoms with E-state index in [1.807, 2.05) is 24.3 Å². The van der Waals surface area contributed by atoms with E-state index in [0.717, 1.165) is 16.5 Å². The number of hydrogen-bond acceptors (Lipinski definition) is 2. The topological polar surface area (TPSA) is 70.2 Å². The van der Waals surface area contributed by atoms with Crippen LogP contribution >= 0.6 is 0 Å². The summed E-state index contributed by atoms with van der Waals surface area (Å²) in [5, 5.41) is 9.39. The van der Waals surface area contributed by atoms with Crippen LogP contribution in [-0.2, 0) is 16.0 Å². The normalized spacial score (nSPS) is 9.75. The molecule has 0 spiro atoms. The first kappa shape index (κ1) is 13.5. The fourth-order valence-electron chi connectivity index (χ4n) is 1.53. The van der Waals surface area contributed by atoms with Gasteiger partial charge in [-0.2, -0.15) is 0 Å². The fourth-order valence-corrected chi connectivity index (χ4v) is 1.53. The molecule has 1 aromatic carbocycles. The van der Waals surface area contributed by atoms with E-state index < -0.39 is 11.8 Å². The van der Waals surface area contributed by atoms with Gasteiger partial charge in [-0.15, -0.1) is 0 Å². The van der Waals surface area contributed by atoms with Crippen molar-refractivity contribution in [1.82, 2.24) is 4.98 Å². The van der Waals surface area contributed by atoms with Crippen LogP contribution in [0.5, 0.6) is 0 Å². The molecule has 0 saturated heterocycles. The van der Waals surface area contributed by atoms with Gasteiger partial charge in [0.15, 0.2) is 0 Å². The van der Waals surface area contributed by atoms with Crippen molar-refractivity contribution in [3.63, 3.8) is 0 Å². The monoisotopic (exact) mass is 343 g/mol. The van der Waals surface area contributed by atoms with E-state index in [9.17, 15) is 9.59 Å². The van der Waals surface area contributed by atoms with Crippen molar-refractivity contribution in [2.24, 2.45) is 0 Å². The third kappa shape index (κ3) is 2.78. The second-order valence-electron chi connectivity index (χ2n) is 3.26. The average Bonchev–Trinajstić information content (AvgIpc) is 2.62. The minimum atomic E-state index is -1.39. The summed E-state index contributed by atoms with van der Waals surface area (Å²) in [6, 6.07) is 7.47. The number of aliphatic carboxylic acids is 1. The third-order valence-corrected chi connectivity index (χ3v) is 2.26. The van der Waals surface area contributed by atoms with Gasteiger partial charge in [0.2, 0.25) is 5.78 Å². The number of carboxylic acid groups (broad SMARTS) is 1. The molecule has 2 rings (SSSR count). The maximum atomic E-state index is 11.0. The van der Waals surface area contributed by atoms with Crippen LogP contribution < -0.4 is 0 Å². The summed E-state index contributed by atoms with van der Waals surface area (Å²) >= 11 is 0. The van der Waals surface area contributed by atoms with Gasteiger partial charge in [0.05, 0.1) is 0 Å². The number of ketones is 1. The number of benzene rings is 1. The Balaban J connectivity index is 0. The summed E-state index contributed by atoms with van der Waals surface area (Å²) in [5.41, 5.74) is 1.63. The van der Waals surface area contributed by atoms with Crippen molar-refractivity contribution in [3.8, 4) is 0 Å². The molecule has 0 aliphatic heterocycles. The van der Waals surface area contributed by atoms with Gasteiger partial charge in [-0.1, -0.05) is 18.2 Å².